The highest BCUT2D eigenvalue weighted by Crippen LogP contribution is 2.34. The van der Waals surface area contributed by atoms with E-state index in [1.54, 1.807) is 6.33 Å². The van der Waals surface area contributed by atoms with E-state index < -0.39 is 0 Å². The molecule has 2 rings (SSSR count). The van der Waals surface area contributed by atoms with Gasteiger partial charge in [-0.05, 0) is 32.1 Å². The Kier molecular flexibility index (Phi) is 5.00. The predicted molar refractivity (Wildman–Crippen MR) is 80.6 cm³/mol. The summed E-state index contributed by atoms with van der Waals surface area (Å²) < 4.78 is 0. The highest BCUT2D eigenvalue weighted by Gasteiger charge is 2.24. The molecule has 0 amide bonds. The molecule has 1 aromatic heterocycles. The van der Waals surface area contributed by atoms with Crippen LogP contribution in [0.5, 0.6) is 0 Å². The van der Waals surface area contributed by atoms with Crippen LogP contribution >= 0.6 is 0 Å². The van der Waals surface area contributed by atoms with Gasteiger partial charge in [0.1, 0.15) is 18.0 Å². The van der Waals surface area contributed by atoms with E-state index in [4.69, 9.17) is 0 Å². The van der Waals surface area contributed by atoms with Crippen LogP contribution in [-0.2, 0) is 6.42 Å². The minimum absolute atomic E-state index is 0.492. The SMILES string of the molecule is CCCNc1ncnc(NC(C)CC2CC2)c1CC. The van der Waals surface area contributed by atoms with E-state index in [9.17, 15) is 0 Å². The summed E-state index contributed by atoms with van der Waals surface area (Å²) in [6, 6.07) is 0.492. The fourth-order valence-electron chi connectivity index (χ4n) is 2.41. The molecule has 4 heteroatoms. The summed E-state index contributed by atoms with van der Waals surface area (Å²) in [5.74, 6) is 2.93. The Morgan fingerprint density at radius 1 is 1.26 bits per heavy atom. The third kappa shape index (κ3) is 4.08. The lowest BCUT2D eigenvalue weighted by Gasteiger charge is -2.18. The molecule has 1 unspecified atom stereocenters. The lowest BCUT2D eigenvalue weighted by molar-refractivity contribution is 0.639. The van der Waals surface area contributed by atoms with E-state index in [2.05, 4.69) is 41.4 Å². The number of hydrogen-bond acceptors (Lipinski definition) is 4. The largest absolute Gasteiger partial charge is 0.370 e. The first kappa shape index (κ1) is 14.1. The molecule has 0 spiro atoms. The molecule has 1 fully saturated rings. The summed E-state index contributed by atoms with van der Waals surface area (Å²) in [6.45, 7) is 7.53. The van der Waals surface area contributed by atoms with E-state index in [1.165, 1.54) is 24.8 Å². The molecule has 0 aromatic carbocycles. The smallest absolute Gasteiger partial charge is 0.134 e. The monoisotopic (exact) mass is 262 g/mol. The van der Waals surface area contributed by atoms with Crippen LogP contribution in [0.1, 0.15) is 52.0 Å². The second kappa shape index (κ2) is 6.73. The van der Waals surface area contributed by atoms with Gasteiger partial charge in [-0.2, -0.15) is 0 Å². The molecule has 1 aromatic rings. The predicted octanol–water partition coefficient (Wildman–Crippen LogP) is 3.46. The molecule has 1 aliphatic carbocycles. The second-order valence-electron chi connectivity index (χ2n) is 5.55. The zero-order chi connectivity index (χ0) is 13.7. The molecule has 1 aliphatic rings. The molecule has 106 valence electrons. The van der Waals surface area contributed by atoms with E-state index in [0.29, 0.717) is 6.04 Å². The third-order valence-corrected chi connectivity index (χ3v) is 3.61. The van der Waals surface area contributed by atoms with Crippen LogP contribution in [0, 0.1) is 5.92 Å². The quantitative estimate of drug-likeness (QED) is 0.753. The van der Waals surface area contributed by atoms with Crippen molar-refractivity contribution in [2.75, 3.05) is 17.2 Å². The van der Waals surface area contributed by atoms with Crippen LogP contribution in [0.4, 0.5) is 11.6 Å². The zero-order valence-electron chi connectivity index (χ0n) is 12.4. The fraction of sp³-hybridized carbons (Fsp3) is 0.733. The van der Waals surface area contributed by atoms with Crippen molar-refractivity contribution in [1.29, 1.82) is 0 Å². The summed E-state index contributed by atoms with van der Waals surface area (Å²) in [5, 5.41) is 6.95. The van der Waals surface area contributed by atoms with Crippen molar-refractivity contribution in [1.82, 2.24) is 9.97 Å². The summed E-state index contributed by atoms with van der Waals surface area (Å²) in [5.41, 5.74) is 1.21. The van der Waals surface area contributed by atoms with E-state index >= 15 is 0 Å². The summed E-state index contributed by atoms with van der Waals surface area (Å²) in [7, 11) is 0. The Labute approximate surface area is 116 Å². The molecule has 1 heterocycles. The number of hydrogen-bond donors (Lipinski definition) is 2. The van der Waals surface area contributed by atoms with Crippen molar-refractivity contribution < 1.29 is 0 Å². The number of nitrogens with one attached hydrogen (secondary N) is 2. The maximum absolute atomic E-state index is 4.42. The number of aromatic nitrogens is 2. The Balaban J connectivity index is 2.04. The van der Waals surface area contributed by atoms with Crippen LogP contribution < -0.4 is 10.6 Å². The number of nitrogens with zero attached hydrogens (tertiary/aromatic N) is 2. The molecular weight excluding hydrogens is 236 g/mol. The van der Waals surface area contributed by atoms with Crippen molar-refractivity contribution >= 4 is 11.6 Å². The van der Waals surface area contributed by atoms with Crippen LogP contribution in [-0.4, -0.2) is 22.6 Å². The first-order chi connectivity index (χ1) is 9.24. The van der Waals surface area contributed by atoms with Gasteiger partial charge in [0.25, 0.3) is 0 Å². The van der Waals surface area contributed by atoms with Gasteiger partial charge in [-0.3, -0.25) is 0 Å². The summed E-state index contributed by atoms with van der Waals surface area (Å²) in [6.07, 6.45) is 7.77. The fourth-order valence-corrected chi connectivity index (χ4v) is 2.41. The minimum Gasteiger partial charge on any atom is -0.370 e. The van der Waals surface area contributed by atoms with Crippen LogP contribution in [0.15, 0.2) is 6.33 Å². The molecule has 0 bridgehead atoms. The Morgan fingerprint density at radius 3 is 2.63 bits per heavy atom. The summed E-state index contributed by atoms with van der Waals surface area (Å²) >= 11 is 0. The van der Waals surface area contributed by atoms with Crippen LogP contribution in [0.3, 0.4) is 0 Å². The van der Waals surface area contributed by atoms with E-state index in [1.807, 2.05) is 0 Å². The van der Waals surface area contributed by atoms with Gasteiger partial charge in [0.05, 0.1) is 0 Å². The van der Waals surface area contributed by atoms with Gasteiger partial charge in [-0.25, -0.2) is 9.97 Å². The lowest BCUT2D eigenvalue weighted by atomic mass is 10.1. The zero-order valence-corrected chi connectivity index (χ0v) is 12.4. The summed E-state index contributed by atoms with van der Waals surface area (Å²) in [4.78, 5) is 8.79. The number of anilines is 2. The molecule has 2 N–H and O–H groups in total. The van der Waals surface area contributed by atoms with Crippen molar-refractivity contribution in [3.05, 3.63) is 11.9 Å². The van der Waals surface area contributed by atoms with Gasteiger partial charge in [0.2, 0.25) is 0 Å². The highest BCUT2D eigenvalue weighted by atomic mass is 15.1. The van der Waals surface area contributed by atoms with Gasteiger partial charge in [-0.1, -0.05) is 26.7 Å². The van der Waals surface area contributed by atoms with E-state index in [0.717, 1.165) is 36.9 Å². The van der Waals surface area contributed by atoms with Crippen molar-refractivity contribution in [3.63, 3.8) is 0 Å². The molecule has 1 saturated carbocycles. The van der Waals surface area contributed by atoms with Crippen LogP contribution in [0.25, 0.3) is 0 Å². The van der Waals surface area contributed by atoms with Crippen LogP contribution in [0.2, 0.25) is 0 Å². The topological polar surface area (TPSA) is 49.8 Å². The maximum atomic E-state index is 4.42. The Bertz CT molecular complexity index is 401. The molecule has 1 atom stereocenters. The maximum Gasteiger partial charge on any atom is 0.134 e. The van der Waals surface area contributed by atoms with Gasteiger partial charge in [0, 0.05) is 18.2 Å². The Hall–Kier alpha value is -1.32. The second-order valence-corrected chi connectivity index (χ2v) is 5.55. The number of rotatable bonds is 8. The third-order valence-electron chi connectivity index (χ3n) is 3.61. The first-order valence-corrected chi connectivity index (χ1v) is 7.58. The first-order valence-electron chi connectivity index (χ1n) is 7.58. The highest BCUT2D eigenvalue weighted by molar-refractivity contribution is 5.57. The van der Waals surface area contributed by atoms with Gasteiger partial charge < -0.3 is 10.6 Å². The average molecular weight is 262 g/mol. The molecule has 4 nitrogen and oxygen atoms in total. The average Bonchev–Trinajstić information content (AvgIpc) is 3.20. The van der Waals surface area contributed by atoms with Crippen molar-refractivity contribution in [2.45, 2.75) is 58.9 Å². The molecule has 0 aliphatic heterocycles. The Morgan fingerprint density at radius 2 is 2.00 bits per heavy atom. The van der Waals surface area contributed by atoms with Crippen molar-refractivity contribution in [3.8, 4) is 0 Å². The molecular formula is C15H26N4. The lowest BCUT2D eigenvalue weighted by Crippen LogP contribution is -2.19. The van der Waals surface area contributed by atoms with Gasteiger partial charge in [-0.15, -0.1) is 0 Å². The molecule has 0 saturated heterocycles. The van der Waals surface area contributed by atoms with Gasteiger partial charge in [0.15, 0.2) is 0 Å². The minimum atomic E-state index is 0.492. The van der Waals surface area contributed by atoms with Crippen molar-refractivity contribution in [2.24, 2.45) is 5.92 Å². The molecule has 0 radical (unpaired) electrons. The molecule has 19 heavy (non-hydrogen) atoms. The standard InChI is InChI=1S/C15H26N4/c1-4-8-16-14-13(5-2)15(18-10-17-14)19-11(3)9-12-6-7-12/h10-12H,4-9H2,1-3H3,(H2,16,17,18,19). The normalized spacial score (nSPS) is 16.2. The van der Waals surface area contributed by atoms with E-state index in [-0.39, 0.29) is 0 Å². The van der Waals surface area contributed by atoms with Gasteiger partial charge >= 0.3 is 0 Å².